The van der Waals surface area contributed by atoms with Crippen LogP contribution in [0.3, 0.4) is 0 Å². The first-order valence-corrected chi connectivity index (χ1v) is 12.7. The molecule has 1 aliphatic heterocycles. The highest BCUT2D eigenvalue weighted by atomic mass is 16.2. The molecular weight excluding hydrogens is 450 g/mol. The highest BCUT2D eigenvalue weighted by molar-refractivity contribution is 6.08. The molecule has 36 heavy (non-hydrogen) atoms. The molecule has 1 heterocycles. The van der Waals surface area contributed by atoms with Crippen molar-refractivity contribution in [3.05, 3.63) is 108 Å². The lowest BCUT2D eigenvalue weighted by atomic mass is 9.82. The predicted octanol–water partition coefficient (Wildman–Crippen LogP) is 3.77. The Morgan fingerprint density at radius 2 is 1.39 bits per heavy atom. The summed E-state index contributed by atoms with van der Waals surface area (Å²) in [4.78, 5) is 42.9. The van der Waals surface area contributed by atoms with Gasteiger partial charge in [-0.15, -0.1) is 0 Å². The Bertz CT molecular complexity index is 1160. The minimum Gasteiger partial charge on any atom is -0.350 e. The number of nitrogens with one attached hydrogen (secondary N) is 2. The summed E-state index contributed by atoms with van der Waals surface area (Å²) in [7, 11) is 0. The number of piperazine rings is 1. The summed E-state index contributed by atoms with van der Waals surface area (Å²) in [5.41, 5.74) is 2.62. The third-order valence-corrected chi connectivity index (χ3v) is 7.27. The van der Waals surface area contributed by atoms with E-state index in [9.17, 15) is 14.4 Å². The van der Waals surface area contributed by atoms with Crippen LogP contribution in [0.1, 0.15) is 48.3 Å². The summed E-state index contributed by atoms with van der Waals surface area (Å²) in [5.74, 6) is -1.67. The van der Waals surface area contributed by atoms with Crippen LogP contribution >= 0.6 is 0 Å². The van der Waals surface area contributed by atoms with E-state index >= 15 is 0 Å². The average Bonchev–Trinajstić information content (AvgIpc) is 2.93. The van der Waals surface area contributed by atoms with E-state index in [1.165, 1.54) is 0 Å². The van der Waals surface area contributed by atoms with E-state index in [2.05, 4.69) is 10.6 Å². The highest BCUT2D eigenvalue weighted by Gasteiger charge is 2.49. The zero-order valence-electron chi connectivity index (χ0n) is 20.2. The molecule has 184 valence electrons. The molecule has 2 fully saturated rings. The topological polar surface area (TPSA) is 78.5 Å². The number of carbonyl (C=O) groups is 3. The van der Waals surface area contributed by atoms with Crippen molar-refractivity contribution in [2.75, 3.05) is 0 Å². The minimum absolute atomic E-state index is 0.138. The lowest BCUT2D eigenvalue weighted by Crippen LogP contribution is -2.71. The van der Waals surface area contributed by atoms with Gasteiger partial charge in [-0.1, -0.05) is 104 Å². The van der Waals surface area contributed by atoms with E-state index in [-0.39, 0.29) is 18.0 Å². The van der Waals surface area contributed by atoms with Gasteiger partial charge >= 0.3 is 0 Å². The van der Waals surface area contributed by atoms with Crippen LogP contribution in [0, 0.1) is 0 Å². The van der Waals surface area contributed by atoms with E-state index < -0.39 is 23.8 Å². The maximum absolute atomic E-state index is 14.5. The molecule has 0 spiro atoms. The first-order valence-electron chi connectivity index (χ1n) is 12.7. The molecular formula is C30H31N3O3. The first kappa shape index (κ1) is 23.8. The van der Waals surface area contributed by atoms with E-state index in [1.54, 1.807) is 4.90 Å². The van der Waals surface area contributed by atoms with Gasteiger partial charge in [0.05, 0.1) is 12.0 Å². The van der Waals surface area contributed by atoms with Crippen LogP contribution < -0.4 is 10.6 Å². The fourth-order valence-corrected chi connectivity index (χ4v) is 5.53. The number of rotatable bonds is 6. The standard InChI is InChI=1S/C30H31N3O3/c34-28(31-20-21-12-4-1-5-13-21)27-29(35)32-24-18-10-11-19-25(24)33(27)30(36)26(22-14-6-2-7-15-22)23-16-8-3-9-17-23/h1-9,12-17,24-27H,10-11,18-20H2,(H,31,34)(H,32,35). The Morgan fingerprint density at radius 3 is 2.00 bits per heavy atom. The number of benzene rings is 3. The second kappa shape index (κ2) is 10.8. The molecule has 1 saturated carbocycles. The van der Waals surface area contributed by atoms with E-state index in [0.29, 0.717) is 6.54 Å². The second-order valence-electron chi connectivity index (χ2n) is 9.57. The van der Waals surface area contributed by atoms with E-state index in [0.717, 1.165) is 42.4 Å². The van der Waals surface area contributed by atoms with Crippen LogP contribution in [0.2, 0.25) is 0 Å². The first-order chi connectivity index (χ1) is 17.6. The summed E-state index contributed by atoms with van der Waals surface area (Å²) < 4.78 is 0. The molecule has 5 rings (SSSR count). The van der Waals surface area contributed by atoms with E-state index in [4.69, 9.17) is 0 Å². The lowest BCUT2D eigenvalue weighted by Gasteiger charge is -2.48. The van der Waals surface area contributed by atoms with Crippen molar-refractivity contribution < 1.29 is 14.4 Å². The zero-order valence-corrected chi connectivity index (χ0v) is 20.2. The molecule has 0 radical (unpaired) electrons. The second-order valence-corrected chi connectivity index (χ2v) is 9.57. The Kier molecular flexibility index (Phi) is 7.12. The van der Waals surface area contributed by atoms with Gasteiger partial charge in [-0.05, 0) is 29.5 Å². The number of amides is 3. The van der Waals surface area contributed by atoms with Crippen molar-refractivity contribution in [2.45, 2.75) is 56.3 Å². The van der Waals surface area contributed by atoms with Gasteiger partial charge in [0.2, 0.25) is 5.91 Å². The third-order valence-electron chi connectivity index (χ3n) is 7.27. The van der Waals surface area contributed by atoms with Gasteiger partial charge in [-0.25, -0.2) is 0 Å². The summed E-state index contributed by atoms with van der Waals surface area (Å²) in [5, 5.41) is 5.96. The molecule has 1 saturated heterocycles. The molecule has 0 bridgehead atoms. The maximum atomic E-state index is 14.5. The lowest BCUT2D eigenvalue weighted by molar-refractivity contribution is -0.156. The van der Waals surface area contributed by atoms with Gasteiger partial charge in [0, 0.05) is 12.6 Å². The smallest absolute Gasteiger partial charge is 0.252 e. The molecule has 0 aromatic heterocycles. The number of nitrogens with zero attached hydrogens (tertiary/aromatic N) is 1. The molecule has 6 nitrogen and oxygen atoms in total. The summed E-state index contributed by atoms with van der Waals surface area (Å²) in [6.07, 6.45) is 3.52. The van der Waals surface area contributed by atoms with Gasteiger partial charge in [-0.3, -0.25) is 14.4 Å². The molecule has 6 heteroatoms. The quantitative estimate of drug-likeness (QED) is 0.526. The van der Waals surface area contributed by atoms with Crippen LogP contribution in [0.15, 0.2) is 91.0 Å². The van der Waals surface area contributed by atoms with Crippen molar-refractivity contribution in [3.63, 3.8) is 0 Å². The van der Waals surface area contributed by atoms with Crippen molar-refractivity contribution >= 4 is 17.7 Å². The SMILES string of the molecule is O=C(NCc1ccccc1)C1C(=O)NC2CCCCC2N1C(=O)C(c1ccccc1)c1ccccc1. The molecule has 3 aromatic rings. The molecule has 2 aliphatic rings. The molecule has 3 unspecified atom stereocenters. The number of hydrogen-bond donors (Lipinski definition) is 2. The third kappa shape index (κ3) is 4.89. The van der Waals surface area contributed by atoms with Crippen molar-refractivity contribution in [1.29, 1.82) is 0 Å². The van der Waals surface area contributed by atoms with Crippen molar-refractivity contribution in [1.82, 2.24) is 15.5 Å². The van der Waals surface area contributed by atoms with Crippen molar-refractivity contribution in [3.8, 4) is 0 Å². The van der Waals surface area contributed by atoms with Crippen LogP contribution in [-0.4, -0.2) is 40.7 Å². The Balaban J connectivity index is 1.51. The predicted molar refractivity (Wildman–Crippen MR) is 138 cm³/mol. The van der Waals surface area contributed by atoms with Crippen molar-refractivity contribution in [2.24, 2.45) is 0 Å². The van der Waals surface area contributed by atoms with Crippen LogP contribution in [0.25, 0.3) is 0 Å². The summed E-state index contributed by atoms with van der Waals surface area (Å²) >= 11 is 0. The fraction of sp³-hybridized carbons (Fsp3) is 0.300. The molecule has 2 N–H and O–H groups in total. The van der Waals surface area contributed by atoms with Crippen LogP contribution in [-0.2, 0) is 20.9 Å². The molecule has 3 amide bonds. The van der Waals surface area contributed by atoms with Gasteiger partial charge in [0.25, 0.3) is 11.8 Å². The maximum Gasteiger partial charge on any atom is 0.252 e. The van der Waals surface area contributed by atoms with Gasteiger partial charge in [-0.2, -0.15) is 0 Å². The zero-order chi connectivity index (χ0) is 24.9. The highest BCUT2D eigenvalue weighted by Crippen LogP contribution is 2.34. The van der Waals surface area contributed by atoms with Gasteiger partial charge < -0.3 is 15.5 Å². The number of carbonyl (C=O) groups excluding carboxylic acids is 3. The average molecular weight is 482 g/mol. The minimum atomic E-state index is -1.21. The van der Waals surface area contributed by atoms with Gasteiger partial charge in [0.1, 0.15) is 0 Å². The summed E-state index contributed by atoms with van der Waals surface area (Å²) in [6, 6.07) is 27.2. The van der Waals surface area contributed by atoms with Crippen LogP contribution in [0.5, 0.6) is 0 Å². The Labute approximate surface area is 211 Å². The normalized spacial score (nSPS) is 21.4. The van der Waals surface area contributed by atoms with Crippen LogP contribution in [0.4, 0.5) is 0 Å². The largest absolute Gasteiger partial charge is 0.350 e. The number of hydrogen-bond acceptors (Lipinski definition) is 3. The number of fused-ring (bicyclic) bond motifs is 1. The summed E-state index contributed by atoms with van der Waals surface area (Å²) in [6.45, 7) is 0.292. The molecule has 1 aliphatic carbocycles. The molecule has 3 aromatic carbocycles. The molecule has 3 atom stereocenters. The van der Waals surface area contributed by atoms with E-state index in [1.807, 2.05) is 91.0 Å². The van der Waals surface area contributed by atoms with Gasteiger partial charge in [0.15, 0.2) is 6.04 Å². The fourth-order valence-electron chi connectivity index (χ4n) is 5.53. The monoisotopic (exact) mass is 481 g/mol. The Morgan fingerprint density at radius 1 is 0.833 bits per heavy atom. The Hall–Kier alpha value is -3.93.